The molecule has 1 aromatic carbocycles. The smallest absolute Gasteiger partial charge is 0.119 e. The van der Waals surface area contributed by atoms with Gasteiger partial charge in [-0.2, -0.15) is 5.26 Å². The average Bonchev–Trinajstić information content (AvgIpc) is 2.59. The van der Waals surface area contributed by atoms with Crippen LogP contribution in [-0.2, 0) is 0 Å². The van der Waals surface area contributed by atoms with Crippen LogP contribution in [0.15, 0.2) is 24.3 Å². The molecular formula is C12H15N3O. The van der Waals surface area contributed by atoms with Gasteiger partial charge in [-0.3, -0.25) is 0 Å². The largest absolute Gasteiger partial charge is 0.489 e. The van der Waals surface area contributed by atoms with E-state index in [-0.39, 0.29) is 18.2 Å². The summed E-state index contributed by atoms with van der Waals surface area (Å²) in [5.41, 5.74) is 12.4. The topological polar surface area (TPSA) is 85.1 Å². The molecule has 1 aliphatic carbocycles. The van der Waals surface area contributed by atoms with E-state index < -0.39 is 0 Å². The Hall–Kier alpha value is -1.57. The number of nitriles is 1. The third-order valence-corrected chi connectivity index (χ3v) is 2.86. The monoisotopic (exact) mass is 217 g/mol. The predicted octanol–water partition coefficient (Wildman–Crippen LogP) is 0.754. The van der Waals surface area contributed by atoms with Crippen molar-refractivity contribution in [2.45, 2.75) is 31.0 Å². The van der Waals surface area contributed by atoms with Crippen molar-refractivity contribution in [3.05, 3.63) is 29.8 Å². The van der Waals surface area contributed by atoms with E-state index in [4.69, 9.17) is 21.5 Å². The first kappa shape index (κ1) is 10.9. The van der Waals surface area contributed by atoms with Crippen molar-refractivity contribution in [2.24, 2.45) is 11.5 Å². The summed E-state index contributed by atoms with van der Waals surface area (Å²) in [6, 6.07) is 9.24. The SMILES string of the molecule is N#Cc1ccc(O[C@H]2C[C@H](N)C[C@@H]2N)cc1. The van der Waals surface area contributed by atoms with Gasteiger partial charge in [0.2, 0.25) is 0 Å². The molecule has 0 saturated heterocycles. The van der Waals surface area contributed by atoms with E-state index in [9.17, 15) is 0 Å². The van der Waals surface area contributed by atoms with Gasteiger partial charge < -0.3 is 16.2 Å². The van der Waals surface area contributed by atoms with E-state index in [1.165, 1.54) is 0 Å². The van der Waals surface area contributed by atoms with E-state index in [0.717, 1.165) is 18.6 Å². The summed E-state index contributed by atoms with van der Waals surface area (Å²) in [5, 5.41) is 8.66. The van der Waals surface area contributed by atoms with Gasteiger partial charge in [-0.1, -0.05) is 0 Å². The van der Waals surface area contributed by atoms with Crippen molar-refractivity contribution in [2.75, 3.05) is 0 Å². The van der Waals surface area contributed by atoms with E-state index in [2.05, 4.69) is 6.07 Å². The number of hydrogen-bond acceptors (Lipinski definition) is 4. The highest BCUT2D eigenvalue weighted by Gasteiger charge is 2.31. The van der Waals surface area contributed by atoms with E-state index in [1.807, 2.05) is 0 Å². The molecule has 0 aliphatic heterocycles. The Balaban J connectivity index is 2.01. The molecule has 0 amide bonds. The Morgan fingerprint density at radius 3 is 2.38 bits per heavy atom. The lowest BCUT2D eigenvalue weighted by molar-refractivity contribution is 0.190. The number of nitrogens with zero attached hydrogens (tertiary/aromatic N) is 1. The van der Waals surface area contributed by atoms with Crippen LogP contribution in [0.2, 0.25) is 0 Å². The Morgan fingerprint density at radius 2 is 1.88 bits per heavy atom. The van der Waals surface area contributed by atoms with Crippen molar-refractivity contribution in [3.8, 4) is 11.8 Å². The minimum Gasteiger partial charge on any atom is -0.489 e. The summed E-state index contributed by atoms with van der Waals surface area (Å²) < 4.78 is 5.74. The number of ether oxygens (including phenoxy) is 1. The van der Waals surface area contributed by atoms with Crippen LogP contribution in [0.3, 0.4) is 0 Å². The van der Waals surface area contributed by atoms with E-state index >= 15 is 0 Å². The first-order valence-electron chi connectivity index (χ1n) is 5.37. The Labute approximate surface area is 94.8 Å². The fourth-order valence-electron chi connectivity index (χ4n) is 1.99. The zero-order chi connectivity index (χ0) is 11.5. The molecule has 0 heterocycles. The fourth-order valence-corrected chi connectivity index (χ4v) is 1.99. The molecule has 1 aromatic rings. The second-order valence-electron chi connectivity index (χ2n) is 4.19. The second-order valence-corrected chi connectivity index (χ2v) is 4.19. The Morgan fingerprint density at radius 1 is 1.19 bits per heavy atom. The van der Waals surface area contributed by atoms with Gasteiger partial charge in [0.25, 0.3) is 0 Å². The summed E-state index contributed by atoms with van der Waals surface area (Å²) in [6.45, 7) is 0. The highest BCUT2D eigenvalue weighted by Crippen LogP contribution is 2.23. The standard InChI is InChI=1S/C12H15N3O/c13-7-8-1-3-10(4-2-8)16-12-6-9(14)5-11(12)15/h1-4,9,11-12H,5-6,14-15H2/t9-,11+,12+/m1/s1. The van der Waals surface area contributed by atoms with Crippen LogP contribution < -0.4 is 16.2 Å². The van der Waals surface area contributed by atoms with E-state index in [0.29, 0.717) is 5.56 Å². The minimum absolute atomic E-state index is 0.00523. The third-order valence-electron chi connectivity index (χ3n) is 2.86. The highest BCUT2D eigenvalue weighted by atomic mass is 16.5. The number of hydrogen-bond donors (Lipinski definition) is 2. The van der Waals surface area contributed by atoms with Gasteiger partial charge in [-0.05, 0) is 30.7 Å². The van der Waals surface area contributed by atoms with Crippen molar-refractivity contribution < 1.29 is 4.74 Å². The number of rotatable bonds is 2. The summed E-state index contributed by atoms with van der Waals surface area (Å²) in [5.74, 6) is 0.744. The lowest BCUT2D eigenvalue weighted by Gasteiger charge is -2.17. The third kappa shape index (κ3) is 2.32. The normalized spacial score (nSPS) is 28.7. The molecule has 2 rings (SSSR count). The molecule has 0 unspecified atom stereocenters. The zero-order valence-electron chi connectivity index (χ0n) is 8.97. The van der Waals surface area contributed by atoms with Crippen LogP contribution in [0.5, 0.6) is 5.75 Å². The molecule has 4 nitrogen and oxygen atoms in total. The van der Waals surface area contributed by atoms with Crippen molar-refractivity contribution in [1.82, 2.24) is 0 Å². The predicted molar refractivity (Wildman–Crippen MR) is 60.8 cm³/mol. The van der Waals surface area contributed by atoms with Gasteiger partial charge in [-0.15, -0.1) is 0 Å². The van der Waals surface area contributed by atoms with Gasteiger partial charge >= 0.3 is 0 Å². The summed E-state index contributed by atoms with van der Waals surface area (Å²) >= 11 is 0. The maximum atomic E-state index is 8.66. The van der Waals surface area contributed by atoms with Gasteiger partial charge in [-0.25, -0.2) is 0 Å². The van der Waals surface area contributed by atoms with Crippen LogP contribution in [0.1, 0.15) is 18.4 Å². The zero-order valence-corrected chi connectivity index (χ0v) is 8.97. The van der Waals surface area contributed by atoms with Gasteiger partial charge in [0.05, 0.1) is 11.6 Å². The highest BCUT2D eigenvalue weighted by molar-refractivity contribution is 5.34. The molecule has 16 heavy (non-hydrogen) atoms. The molecule has 3 atom stereocenters. The molecule has 1 aliphatic rings. The first-order chi connectivity index (χ1) is 7.69. The molecule has 0 bridgehead atoms. The Kier molecular flexibility index (Phi) is 3.09. The average molecular weight is 217 g/mol. The number of nitrogens with two attached hydrogens (primary N) is 2. The van der Waals surface area contributed by atoms with Crippen molar-refractivity contribution in [1.29, 1.82) is 5.26 Å². The molecule has 1 fully saturated rings. The number of benzene rings is 1. The first-order valence-corrected chi connectivity index (χ1v) is 5.37. The van der Waals surface area contributed by atoms with Gasteiger partial charge in [0, 0.05) is 18.5 Å². The van der Waals surface area contributed by atoms with Crippen LogP contribution in [0.4, 0.5) is 0 Å². The Bertz CT molecular complexity index is 396. The molecule has 1 saturated carbocycles. The molecular weight excluding hydrogens is 202 g/mol. The van der Waals surface area contributed by atoms with Crippen LogP contribution in [-0.4, -0.2) is 18.2 Å². The van der Waals surface area contributed by atoms with Crippen LogP contribution in [0.25, 0.3) is 0 Å². The maximum absolute atomic E-state index is 8.66. The maximum Gasteiger partial charge on any atom is 0.119 e. The van der Waals surface area contributed by atoms with Crippen LogP contribution in [0, 0.1) is 11.3 Å². The molecule has 0 spiro atoms. The molecule has 4 N–H and O–H groups in total. The van der Waals surface area contributed by atoms with Gasteiger partial charge in [0.1, 0.15) is 11.9 Å². The molecule has 4 heteroatoms. The van der Waals surface area contributed by atoms with Gasteiger partial charge in [0.15, 0.2) is 0 Å². The van der Waals surface area contributed by atoms with Crippen molar-refractivity contribution in [3.63, 3.8) is 0 Å². The summed E-state index contributed by atoms with van der Waals surface area (Å²) in [4.78, 5) is 0. The minimum atomic E-state index is -0.0112. The quantitative estimate of drug-likeness (QED) is 0.765. The summed E-state index contributed by atoms with van der Waals surface area (Å²) in [6.07, 6.45) is 1.59. The molecule has 0 radical (unpaired) electrons. The lowest BCUT2D eigenvalue weighted by atomic mass is 10.2. The molecule has 0 aromatic heterocycles. The fraction of sp³-hybridized carbons (Fsp3) is 0.417. The van der Waals surface area contributed by atoms with E-state index in [1.54, 1.807) is 24.3 Å². The van der Waals surface area contributed by atoms with Crippen LogP contribution >= 0.6 is 0 Å². The lowest BCUT2D eigenvalue weighted by Crippen LogP contribution is -2.33. The molecule has 84 valence electrons. The summed E-state index contributed by atoms with van der Waals surface area (Å²) in [7, 11) is 0. The van der Waals surface area contributed by atoms with Crippen molar-refractivity contribution >= 4 is 0 Å². The second kappa shape index (κ2) is 4.52.